The fraction of sp³-hybridized carbons (Fsp3) is 0.333. The maximum atomic E-state index is 12.8. The van der Waals surface area contributed by atoms with Crippen LogP contribution in [0.5, 0.6) is 0 Å². The summed E-state index contributed by atoms with van der Waals surface area (Å²) in [5.41, 5.74) is -3.36. The van der Waals surface area contributed by atoms with Crippen molar-refractivity contribution in [2.24, 2.45) is 0 Å². The standard InChI is InChI=1S/C12H10F6N2O2/c1-2-22-10(21)4-9(12(16,17)18)20-8-3-7(5-19-6-8)11(13,14)15/h3-6,20H,2H2,1H3. The molecule has 10 heteroatoms. The molecule has 0 radical (unpaired) electrons. The van der Waals surface area contributed by atoms with Crippen molar-refractivity contribution in [3.8, 4) is 0 Å². The molecule has 0 fully saturated rings. The molecule has 0 saturated carbocycles. The van der Waals surface area contributed by atoms with E-state index in [1.54, 1.807) is 5.32 Å². The third-order valence-electron chi connectivity index (χ3n) is 2.20. The number of carbonyl (C=O) groups is 1. The highest BCUT2D eigenvalue weighted by Gasteiger charge is 2.36. The van der Waals surface area contributed by atoms with Gasteiger partial charge in [0.05, 0.1) is 30.1 Å². The predicted octanol–water partition coefficient (Wildman–Crippen LogP) is 3.52. The van der Waals surface area contributed by atoms with Crippen LogP contribution >= 0.6 is 0 Å². The minimum Gasteiger partial charge on any atom is -0.463 e. The molecule has 1 N–H and O–H groups in total. The molecule has 1 heterocycles. The van der Waals surface area contributed by atoms with E-state index in [0.29, 0.717) is 12.3 Å². The molecule has 4 nitrogen and oxygen atoms in total. The number of carbonyl (C=O) groups excluding carboxylic acids is 1. The first-order valence-corrected chi connectivity index (χ1v) is 5.79. The van der Waals surface area contributed by atoms with E-state index in [2.05, 4.69) is 9.72 Å². The van der Waals surface area contributed by atoms with Crippen molar-refractivity contribution in [3.05, 3.63) is 35.8 Å². The number of hydrogen-bond donors (Lipinski definition) is 1. The van der Waals surface area contributed by atoms with Crippen LogP contribution in [0.25, 0.3) is 0 Å². The first-order chi connectivity index (χ1) is 10.0. The molecule has 0 amide bonds. The van der Waals surface area contributed by atoms with Gasteiger partial charge in [-0.15, -0.1) is 0 Å². The lowest BCUT2D eigenvalue weighted by Gasteiger charge is -2.15. The second-order valence-electron chi connectivity index (χ2n) is 3.89. The molecule has 1 rings (SSSR count). The second-order valence-corrected chi connectivity index (χ2v) is 3.89. The Balaban J connectivity index is 3.08. The van der Waals surface area contributed by atoms with E-state index >= 15 is 0 Å². The van der Waals surface area contributed by atoms with Crippen molar-refractivity contribution in [1.82, 2.24) is 4.98 Å². The fourth-order valence-electron chi connectivity index (χ4n) is 1.31. The Morgan fingerprint density at radius 3 is 2.41 bits per heavy atom. The summed E-state index contributed by atoms with van der Waals surface area (Å²) in [6.45, 7) is 1.24. The molecule has 0 aromatic carbocycles. The summed E-state index contributed by atoms with van der Waals surface area (Å²) in [4.78, 5) is 14.3. The van der Waals surface area contributed by atoms with Gasteiger partial charge in [-0.05, 0) is 13.0 Å². The Morgan fingerprint density at radius 1 is 1.27 bits per heavy atom. The van der Waals surface area contributed by atoms with Crippen LogP contribution in [0.3, 0.4) is 0 Å². The molecule has 1 aromatic rings. The van der Waals surface area contributed by atoms with Crippen LogP contribution in [0, 0.1) is 0 Å². The third-order valence-corrected chi connectivity index (χ3v) is 2.20. The molecule has 0 aliphatic heterocycles. The minimum atomic E-state index is -4.99. The van der Waals surface area contributed by atoms with Crippen LogP contribution in [0.1, 0.15) is 12.5 Å². The zero-order chi connectivity index (χ0) is 17.0. The van der Waals surface area contributed by atoms with Crippen molar-refractivity contribution in [3.63, 3.8) is 0 Å². The Hall–Kier alpha value is -2.26. The maximum absolute atomic E-state index is 12.8. The number of rotatable bonds is 4. The number of anilines is 1. The maximum Gasteiger partial charge on any atom is 0.431 e. The Morgan fingerprint density at radius 2 is 1.91 bits per heavy atom. The molecule has 0 unspecified atom stereocenters. The summed E-state index contributed by atoms with van der Waals surface area (Å²) >= 11 is 0. The predicted molar refractivity (Wildman–Crippen MR) is 63.6 cm³/mol. The van der Waals surface area contributed by atoms with Gasteiger partial charge in [-0.1, -0.05) is 0 Å². The molecule has 0 bridgehead atoms. The molecule has 1 aromatic heterocycles. The Labute approximate surface area is 120 Å². The number of alkyl halides is 6. The zero-order valence-electron chi connectivity index (χ0n) is 11.0. The first-order valence-electron chi connectivity index (χ1n) is 5.79. The average molecular weight is 328 g/mol. The minimum absolute atomic E-state index is 0.115. The van der Waals surface area contributed by atoms with Crippen LogP contribution in [0.4, 0.5) is 32.0 Å². The van der Waals surface area contributed by atoms with E-state index in [-0.39, 0.29) is 12.7 Å². The van der Waals surface area contributed by atoms with Gasteiger partial charge in [-0.25, -0.2) is 4.79 Å². The molecular weight excluding hydrogens is 318 g/mol. The van der Waals surface area contributed by atoms with Crippen LogP contribution < -0.4 is 5.32 Å². The van der Waals surface area contributed by atoms with Crippen molar-refractivity contribution >= 4 is 11.7 Å². The number of esters is 1. The summed E-state index contributed by atoms with van der Waals surface area (Å²) in [5, 5.41) is 1.69. The number of nitrogens with zero attached hydrogens (tertiary/aromatic N) is 1. The Kier molecular flexibility index (Phi) is 5.39. The third kappa shape index (κ3) is 5.26. The summed E-state index contributed by atoms with van der Waals surface area (Å²) in [6.07, 6.45) is -8.40. The average Bonchev–Trinajstić information content (AvgIpc) is 2.36. The molecule has 22 heavy (non-hydrogen) atoms. The van der Waals surface area contributed by atoms with Crippen molar-refractivity contribution < 1.29 is 35.9 Å². The van der Waals surface area contributed by atoms with Crippen LogP contribution in [-0.4, -0.2) is 23.7 Å². The number of halogens is 6. The van der Waals surface area contributed by atoms with Gasteiger partial charge in [0.15, 0.2) is 0 Å². The highest BCUT2D eigenvalue weighted by molar-refractivity contribution is 5.83. The lowest BCUT2D eigenvalue weighted by Crippen LogP contribution is -2.21. The molecule has 0 spiro atoms. The summed E-state index contributed by atoms with van der Waals surface area (Å²) in [5.74, 6) is -1.28. The number of allylic oxidation sites excluding steroid dienone is 1. The van der Waals surface area contributed by atoms with E-state index in [0.717, 1.165) is 6.20 Å². The van der Waals surface area contributed by atoms with Crippen molar-refractivity contribution in [2.45, 2.75) is 19.3 Å². The number of hydrogen-bond acceptors (Lipinski definition) is 4. The van der Waals surface area contributed by atoms with Crippen LogP contribution in [0.2, 0.25) is 0 Å². The van der Waals surface area contributed by atoms with E-state index < -0.39 is 35.3 Å². The van der Waals surface area contributed by atoms with Crippen LogP contribution in [-0.2, 0) is 15.7 Å². The first kappa shape index (κ1) is 17.8. The number of nitrogens with one attached hydrogen (secondary N) is 1. The summed E-state index contributed by atoms with van der Waals surface area (Å²) in [7, 11) is 0. The fourth-order valence-corrected chi connectivity index (χ4v) is 1.31. The number of aromatic nitrogens is 1. The lowest BCUT2D eigenvalue weighted by atomic mass is 10.2. The van der Waals surface area contributed by atoms with Crippen LogP contribution in [0.15, 0.2) is 30.2 Å². The quantitative estimate of drug-likeness (QED) is 0.522. The highest BCUT2D eigenvalue weighted by Crippen LogP contribution is 2.32. The summed E-state index contributed by atoms with van der Waals surface area (Å²) in [6, 6.07) is 0.442. The molecule has 0 aliphatic carbocycles. The van der Waals surface area contributed by atoms with E-state index in [1.807, 2.05) is 0 Å². The topological polar surface area (TPSA) is 51.2 Å². The van der Waals surface area contributed by atoms with E-state index in [9.17, 15) is 31.1 Å². The molecule has 0 atom stereocenters. The molecule has 0 saturated heterocycles. The van der Waals surface area contributed by atoms with Gasteiger partial charge in [0.25, 0.3) is 0 Å². The van der Waals surface area contributed by atoms with E-state index in [4.69, 9.17) is 0 Å². The second kappa shape index (κ2) is 6.67. The number of ether oxygens (including phenoxy) is 1. The summed E-state index contributed by atoms with van der Waals surface area (Å²) < 4.78 is 80.0. The van der Waals surface area contributed by atoms with E-state index in [1.165, 1.54) is 6.92 Å². The van der Waals surface area contributed by atoms with Gasteiger partial charge in [0.1, 0.15) is 5.70 Å². The van der Waals surface area contributed by atoms with Gasteiger partial charge in [0, 0.05) is 6.20 Å². The SMILES string of the molecule is CCOC(=O)C=C(Nc1cncc(C(F)(F)F)c1)C(F)(F)F. The largest absolute Gasteiger partial charge is 0.463 e. The van der Waals surface area contributed by atoms with Crippen molar-refractivity contribution in [2.75, 3.05) is 11.9 Å². The van der Waals surface area contributed by atoms with Gasteiger partial charge in [0.2, 0.25) is 0 Å². The van der Waals surface area contributed by atoms with Gasteiger partial charge >= 0.3 is 18.3 Å². The van der Waals surface area contributed by atoms with Gasteiger partial charge < -0.3 is 10.1 Å². The molecule has 0 aliphatic rings. The zero-order valence-corrected chi connectivity index (χ0v) is 11.0. The van der Waals surface area contributed by atoms with Gasteiger partial charge in [-0.2, -0.15) is 26.3 Å². The Bertz CT molecular complexity index is 565. The highest BCUT2D eigenvalue weighted by atomic mass is 19.4. The number of pyridine rings is 1. The lowest BCUT2D eigenvalue weighted by molar-refractivity contribution is -0.138. The molecular formula is C12H10F6N2O2. The molecule has 122 valence electrons. The monoisotopic (exact) mass is 328 g/mol. The normalized spacial score (nSPS) is 13.0. The smallest absolute Gasteiger partial charge is 0.431 e. The van der Waals surface area contributed by atoms with Crippen molar-refractivity contribution in [1.29, 1.82) is 0 Å². The van der Waals surface area contributed by atoms with Gasteiger partial charge in [-0.3, -0.25) is 4.98 Å².